The molecule has 1 aliphatic heterocycles. The van der Waals surface area contributed by atoms with Crippen molar-refractivity contribution in [2.45, 2.75) is 64.6 Å². The van der Waals surface area contributed by atoms with Crippen molar-refractivity contribution in [3.63, 3.8) is 0 Å². The third kappa shape index (κ3) is 4.78. The second kappa shape index (κ2) is 8.55. The number of piperidine rings is 1. The van der Waals surface area contributed by atoms with Crippen LogP contribution in [0, 0.1) is 6.92 Å². The van der Waals surface area contributed by atoms with Crippen molar-refractivity contribution in [1.82, 2.24) is 25.5 Å². The van der Waals surface area contributed by atoms with Gasteiger partial charge in [0.1, 0.15) is 11.5 Å². The number of aromatic amines is 1. The average molecular weight is 387 g/mol. The summed E-state index contributed by atoms with van der Waals surface area (Å²) >= 11 is 0. The molecule has 0 aromatic carbocycles. The molecule has 0 unspecified atom stereocenters. The normalized spacial score (nSPS) is 22.1. The lowest BCUT2D eigenvalue weighted by molar-refractivity contribution is 0.0995. The Kier molecular flexibility index (Phi) is 6.13. The van der Waals surface area contributed by atoms with Crippen LogP contribution in [-0.2, 0) is 0 Å². The lowest BCUT2D eigenvalue weighted by atomic mass is 9.91. The molecule has 1 aliphatic rings. The third-order valence-corrected chi connectivity index (χ3v) is 5.13. The van der Waals surface area contributed by atoms with Crippen molar-refractivity contribution in [2.24, 2.45) is 5.73 Å². The fraction of sp³-hybridized carbons (Fsp3) is 0.579. The molecule has 5 N–H and O–H groups in total. The summed E-state index contributed by atoms with van der Waals surface area (Å²) in [6.07, 6.45) is 4.29. The fourth-order valence-corrected chi connectivity index (χ4v) is 3.80. The van der Waals surface area contributed by atoms with Gasteiger partial charge in [-0.2, -0.15) is 10.1 Å². The number of anilines is 3. The van der Waals surface area contributed by atoms with Crippen molar-refractivity contribution in [1.29, 1.82) is 0 Å². The summed E-state index contributed by atoms with van der Waals surface area (Å²) in [7, 11) is 1.98. The van der Waals surface area contributed by atoms with Gasteiger partial charge in [0.2, 0.25) is 5.95 Å². The predicted molar refractivity (Wildman–Crippen MR) is 110 cm³/mol. The van der Waals surface area contributed by atoms with Crippen LogP contribution < -0.4 is 21.3 Å². The number of hydrogen-bond acceptors (Lipinski definition) is 7. The number of nitrogens with zero attached hydrogens (tertiary/aromatic N) is 4. The Balaban J connectivity index is 1.85. The summed E-state index contributed by atoms with van der Waals surface area (Å²) in [6, 6.07) is 4.59. The minimum Gasteiger partial charge on any atom is -0.364 e. The minimum atomic E-state index is -0.583. The standard InChI is InChI=1S/C19H30N8O/c1-5-6-13-9-14(7-11(2)21-13)27(4)19-22-15(18(20)28)10-16(24-19)23-17-8-12(3)25-26-17/h8,10-11,13-14,21H,5-7,9H2,1-4H3,(H2,20,28)(H2,22,23,24,25,26)/t11-,13+,14-/m1/s1. The lowest BCUT2D eigenvalue weighted by Gasteiger charge is -2.39. The molecule has 0 radical (unpaired) electrons. The first-order valence-corrected chi connectivity index (χ1v) is 9.82. The number of nitrogens with one attached hydrogen (secondary N) is 3. The van der Waals surface area contributed by atoms with Crippen LogP contribution in [0.5, 0.6) is 0 Å². The molecule has 1 fully saturated rings. The molecule has 1 amide bonds. The molecule has 9 heteroatoms. The number of amides is 1. The molecule has 3 rings (SSSR count). The van der Waals surface area contributed by atoms with Gasteiger partial charge in [-0.1, -0.05) is 13.3 Å². The first kappa shape index (κ1) is 20.1. The largest absolute Gasteiger partial charge is 0.364 e. The van der Waals surface area contributed by atoms with Gasteiger partial charge in [-0.05, 0) is 33.1 Å². The van der Waals surface area contributed by atoms with Crippen molar-refractivity contribution in [2.75, 3.05) is 17.3 Å². The maximum Gasteiger partial charge on any atom is 0.267 e. The highest BCUT2D eigenvalue weighted by Gasteiger charge is 2.29. The summed E-state index contributed by atoms with van der Waals surface area (Å²) in [5.74, 6) is 1.02. The monoisotopic (exact) mass is 386 g/mol. The van der Waals surface area contributed by atoms with Gasteiger partial charge >= 0.3 is 0 Å². The number of rotatable bonds is 7. The number of carbonyl (C=O) groups is 1. The Morgan fingerprint density at radius 1 is 1.32 bits per heavy atom. The molecule has 1 saturated heterocycles. The summed E-state index contributed by atoms with van der Waals surface area (Å²) in [5, 5.41) is 13.8. The van der Waals surface area contributed by atoms with Gasteiger partial charge in [-0.3, -0.25) is 9.89 Å². The highest BCUT2D eigenvalue weighted by atomic mass is 16.1. The molecule has 9 nitrogen and oxygen atoms in total. The Labute approximate surface area is 165 Å². The van der Waals surface area contributed by atoms with Crippen LogP contribution in [0.4, 0.5) is 17.6 Å². The van der Waals surface area contributed by atoms with E-state index in [1.54, 1.807) is 6.07 Å². The maximum absolute atomic E-state index is 11.8. The Hall–Kier alpha value is -2.68. The van der Waals surface area contributed by atoms with Crippen LogP contribution in [-0.4, -0.2) is 51.2 Å². The highest BCUT2D eigenvalue weighted by molar-refractivity contribution is 5.92. The number of H-pyrrole nitrogens is 1. The van der Waals surface area contributed by atoms with Gasteiger partial charge in [0.05, 0.1) is 0 Å². The molecule has 3 heterocycles. The number of aryl methyl sites for hydroxylation is 1. The minimum absolute atomic E-state index is 0.179. The molecule has 28 heavy (non-hydrogen) atoms. The molecule has 3 atom stereocenters. The molecule has 2 aromatic rings. The Morgan fingerprint density at radius 2 is 2.11 bits per heavy atom. The topological polar surface area (TPSA) is 125 Å². The molecule has 152 valence electrons. The van der Waals surface area contributed by atoms with Crippen molar-refractivity contribution >= 4 is 23.5 Å². The van der Waals surface area contributed by atoms with E-state index in [2.05, 4.69) is 49.5 Å². The zero-order valence-corrected chi connectivity index (χ0v) is 17.0. The van der Waals surface area contributed by atoms with E-state index < -0.39 is 5.91 Å². The first-order valence-electron chi connectivity index (χ1n) is 9.82. The second-order valence-corrected chi connectivity index (χ2v) is 7.65. The summed E-state index contributed by atoms with van der Waals surface area (Å²) in [6.45, 7) is 6.32. The number of hydrogen-bond donors (Lipinski definition) is 4. The first-order chi connectivity index (χ1) is 13.4. The third-order valence-electron chi connectivity index (χ3n) is 5.13. The van der Waals surface area contributed by atoms with E-state index in [0.29, 0.717) is 29.7 Å². The quantitative estimate of drug-likeness (QED) is 0.574. The van der Waals surface area contributed by atoms with Gasteiger partial charge in [-0.25, -0.2) is 4.98 Å². The number of primary amides is 1. The van der Waals surface area contributed by atoms with Crippen LogP contribution in [0.2, 0.25) is 0 Å². The second-order valence-electron chi connectivity index (χ2n) is 7.65. The van der Waals surface area contributed by atoms with Crippen LogP contribution in [0.15, 0.2) is 12.1 Å². The summed E-state index contributed by atoms with van der Waals surface area (Å²) < 4.78 is 0. The maximum atomic E-state index is 11.8. The summed E-state index contributed by atoms with van der Waals surface area (Å²) in [5.41, 5.74) is 6.61. The van der Waals surface area contributed by atoms with E-state index in [-0.39, 0.29) is 11.7 Å². The van der Waals surface area contributed by atoms with Gasteiger partial charge in [0.15, 0.2) is 5.82 Å². The van der Waals surface area contributed by atoms with E-state index in [9.17, 15) is 4.79 Å². The predicted octanol–water partition coefficient (Wildman–Crippen LogP) is 2.10. The van der Waals surface area contributed by atoms with E-state index in [0.717, 1.165) is 31.4 Å². The van der Waals surface area contributed by atoms with E-state index in [1.165, 1.54) is 0 Å². The van der Waals surface area contributed by atoms with Crippen LogP contribution in [0.1, 0.15) is 55.7 Å². The van der Waals surface area contributed by atoms with Gasteiger partial charge in [0.25, 0.3) is 5.91 Å². The van der Waals surface area contributed by atoms with Crippen LogP contribution in [0.25, 0.3) is 0 Å². The van der Waals surface area contributed by atoms with Gasteiger partial charge < -0.3 is 21.3 Å². The Morgan fingerprint density at radius 3 is 2.75 bits per heavy atom. The Bertz CT molecular complexity index is 820. The molecular formula is C19H30N8O. The smallest absolute Gasteiger partial charge is 0.267 e. The molecular weight excluding hydrogens is 356 g/mol. The highest BCUT2D eigenvalue weighted by Crippen LogP contribution is 2.25. The number of nitrogens with two attached hydrogens (primary N) is 1. The van der Waals surface area contributed by atoms with E-state index >= 15 is 0 Å². The zero-order chi connectivity index (χ0) is 20.3. The SMILES string of the molecule is CCC[C@H]1C[C@H](N(C)c2nc(Nc3cc(C)[nH]n3)cc(C(N)=O)n2)C[C@@H](C)N1. The molecule has 0 saturated carbocycles. The lowest BCUT2D eigenvalue weighted by Crippen LogP contribution is -2.51. The van der Waals surface area contributed by atoms with Crippen molar-refractivity contribution < 1.29 is 4.79 Å². The number of carbonyl (C=O) groups excluding carboxylic acids is 1. The summed E-state index contributed by atoms with van der Waals surface area (Å²) in [4.78, 5) is 22.9. The van der Waals surface area contributed by atoms with Gasteiger partial charge in [-0.15, -0.1) is 0 Å². The molecule has 2 aromatic heterocycles. The molecule has 0 spiro atoms. The van der Waals surface area contributed by atoms with E-state index in [4.69, 9.17) is 5.73 Å². The van der Waals surface area contributed by atoms with Crippen molar-refractivity contribution in [3.8, 4) is 0 Å². The number of aromatic nitrogens is 4. The van der Waals surface area contributed by atoms with Crippen molar-refractivity contribution in [3.05, 3.63) is 23.5 Å². The van der Waals surface area contributed by atoms with Crippen LogP contribution in [0.3, 0.4) is 0 Å². The van der Waals surface area contributed by atoms with Crippen LogP contribution >= 0.6 is 0 Å². The zero-order valence-electron chi connectivity index (χ0n) is 17.0. The fourth-order valence-electron chi connectivity index (χ4n) is 3.80. The van der Waals surface area contributed by atoms with Gasteiger partial charge in [0, 0.05) is 43.0 Å². The molecule has 0 bridgehead atoms. The average Bonchev–Trinajstić information content (AvgIpc) is 3.05. The molecule has 0 aliphatic carbocycles. The van der Waals surface area contributed by atoms with E-state index in [1.807, 2.05) is 20.0 Å².